The zero-order valence-corrected chi connectivity index (χ0v) is 11.8. The van der Waals surface area contributed by atoms with E-state index in [-0.39, 0.29) is 11.6 Å². The minimum absolute atomic E-state index is 0.311. The standard InChI is InChI=1S/C13H11F2IN2/c1-18(9-4-2-8(14)3-5-9)13-6-10(15)11(16)7-12(13)17/h2-7H,17H2,1H3. The summed E-state index contributed by atoms with van der Waals surface area (Å²) in [5.74, 6) is -0.636. The number of nitrogen functional groups attached to an aromatic ring is 1. The van der Waals surface area contributed by atoms with Crippen LogP contribution in [-0.2, 0) is 0 Å². The highest BCUT2D eigenvalue weighted by Crippen LogP contribution is 2.31. The molecule has 0 saturated heterocycles. The molecule has 0 fully saturated rings. The maximum absolute atomic E-state index is 13.5. The Bertz CT molecular complexity index is 570. The summed E-state index contributed by atoms with van der Waals surface area (Å²) in [5, 5.41) is 0. The van der Waals surface area contributed by atoms with E-state index in [4.69, 9.17) is 5.73 Å². The zero-order chi connectivity index (χ0) is 13.3. The fourth-order valence-electron chi connectivity index (χ4n) is 1.65. The highest BCUT2D eigenvalue weighted by molar-refractivity contribution is 14.1. The number of hydrogen-bond donors (Lipinski definition) is 1. The van der Waals surface area contributed by atoms with Crippen molar-refractivity contribution in [2.75, 3.05) is 17.7 Å². The van der Waals surface area contributed by atoms with Gasteiger partial charge >= 0.3 is 0 Å². The topological polar surface area (TPSA) is 29.3 Å². The number of anilines is 3. The molecule has 0 unspecified atom stereocenters. The third-order valence-corrected chi connectivity index (χ3v) is 3.47. The van der Waals surface area contributed by atoms with Gasteiger partial charge in [-0.2, -0.15) is 0 Å². The summed E-state index contributed by atoms with van der Waals surface area (Å²) in [5.41, 5.74) is 7.65. The Labute approximate surface area is 118 Å². The molecular formula is C13H11F2IN2. The van der Waals surface area contributed by atoms with Gasteiger partial charge in [0.25, 0.3) is 0 Å². The van der Waals surface area contributed by atoms with Gasteiger partial charge in [0.15, 0.2) is 0 Å². The van der Waals surface area contributed by atoms with Crippen molar-refractivity contribution in [3.63, 3.8) is 0 Å². The molecule has 0 spiro atoms. The predicted octanol–water partition coefficient (Wildman–Crippen LogP) is 3.92. The molecule has 2 rings (SSSR count). The molecule has 2 nitrogen and oxygen atoms in total. The van der Waals surface area contributed by atoms with Crippen LogP contribution in [0.5, 0.6) is 0 Å². The molecule has 0 saturated carbocycles. The van der Waals surface area contributed by atoms with Crippen LogP contribution < -0.4 is 10.6 Å². The lowest BCUT2D eigenvalue weighted by Gasteiger charge is -2.21. The molecule has 0 bridgehead atoms. The zero-order valence-electron chi connectivity index (χ0n) is 9.62. The van der Waals surface area contributed by atoms with Crippen molar-refractivity contribution >= 4 is 39.7 Å². The maximum atomic E-state index is 13.5. The summed E-state index contributed by atoms with van der Waals surface area (Å²) >= 11 is 1.89. The van der Waals surface area contributed by atoms with E-state index in [1.54, 1.807) is 30.1 Å². The Hall–Kier alpha value is -1.37. The number of rotatable bonds is 2. The summed E-state index contributed by atoms with van der Waals surface area (Å²) in [4.78, 5) is 1.72. The Morgan fingerprint density at radius 2 is 1.72 bits per heavy atom. The molecule has 2 aromatic carbocycles. The highest BCUT2D eigenvalue weighted by atomic mass is 127. The van der Waals surface area contributed by atoms with E-state index >= 15 is 0 Å². The SMILES string of the molecule is CN(c1ccc(F)cc1)c1cc(F)c(I)cc1N. The minimum Gasteiger partial charge on any atom is -0.397 e. The van der Waals surface area contributed by atoms with Crippen molar-refractivity contribution in [2.24, 2.45) is 0 Å². The smallest absolute Gasteiger partial charge is 0.138 e. The molecular weight excluding hydrogens is 349 g/mol. The van der Waals surface area contributed by atoms with Crippen molar-refractivity contribution in [1.29, 1.82) is 0 Å². The summed E-state index contributed by atoms with van der Waals surface area (Å²) in [7, 11) is 1.76. The number of halogens is 3. The first-order chi connectivity index (χ1) is 8.49. The number of nitrogens with two attached hydrogens (primary N) is 1. The average Bonchev–Trinajstić information content (AvgIpc) is 2.34. The molecule has 0 radical (unpaired) electrons. The van der Waals surface area contributed by atoms with Crippen LogP contribution >= 0.6 is 22.6 Å². The predicted molar refractivity (Wildman–Crippen MR) is 78.0 cm³/mol. The van der Waals surface area contributed by atoms with E-state index in [0.717, 1.165) is 5.69 Å². The summed E-state index contributed by atoms with van der Waals surface area (Å²) in [6.45, 7) is 0. The van der Waals surface area contributed by atoms with Crippen molar-refractivity contribution in [1.82, 2.24) is 0 Å². The van der Waals surface area contributed by atoms with Gasteiger partial charge in [0.05, 0.1) is 14.9 Å². The molecule has 0 heterocycles. The number of benzene rings is 2. The van der Waals surface area contributed by atoms with Gasteiger partial charge in [0.2, 0.25) is 0 Å². The van der Waals surface area contributed by atoms with Crippen molar-refractivity contribution in [2.45, 2.75) is 0 Å². The molecule has 0 aliphatic rings. The fraction of sp³-hybridized carbons (Fsp3) is 0.0769. The van der Waals surface area contributed by atoms with Crippen LogP contribution in [0.1, 0.15) is 0 Å². The molecule has 18 heavy (non-hydrogen) atoms. The molecule has 0 aromatic heterocycles. The largest absolute Gasteiger partial charge is 0.397 e. The van der Waals surface area contributed by atoms with E-state index in [2.05, 4.69) is 0 Å². The van der Waals surface area contributed by atoms with Gasteiger partial charge in [-0.15, -0.1) is 0 Å². The highest BCUT2D eigenvalue weighted by Gasteiger charge is 2.11. The second-order valence-electron chi connectivity index (χ2n) is 3.86. The van der Waals surface area contributed by atoms with Gasteiger partial charge < -0.3 is 10.6 Å². The van der Waals surface area contributed by atoms with Crippen molar-refractivity contribution in [3.05, 3.63) is 51.6 Å². The Morgan fingerprint density at radius 3 is 2.33 bits per heavy atom. The molecule has 94 valence electrons. The van der Waals surface area contributed by atoms with Gasteiger partial charge in [-0.3, -0.25) is 0 Å². The van der Waals surface area contributed by atoms with Gasteiger partial charge in [0, 0.05) is 18.8 Å². The molecule has 5 heteroatoms. The van der Waals surface area contributed by atoms with Crippen LogP contribution in [0.15, 0.2) is 36.4 Å². The Balaban J connectivity index is 2.42. The van der Waals surface area contributed by atoms with Crippen LogP contribution in [0.3, 0.4) is 0 Å². The Kier molecular flexibility index (Phi) is 3.70. The molecule has 2 N–H and O–H groups in total. The minimum atomic E-state index is -0.325. The van der Waals surface area contributed by atoms with E-state index in [0.29, 0.717) is 14.9 Å². The van der Waals surface area contributed by atoms with Crippen LogP contribution in [-0.4, -0.2) is 7.05 Å². The number of hydrogen-bond acceptors (Lipinski definition) is 2. The van der Waals surface area contributed by atoms with E-state index in [1.165, 1.54) is 18.2 Å². The van der Waals surface area contributed by atoms with Gasteiger partial charge in [-0.25, -0.2) is 8.78 Å². The van der Waals surface area contributed by atoms with Crippen molar-refractivity contribution in [3.8, 4) is 0 Å². The number of nitrogens with zero attached hydrogens (tertiary/aromatic N) is 1. The van der Waals surface area contributed by atoms with Crippen LogP contribution in [0.4, 0.5) is 25.8 Å². The lowest BCUT2D eigenvalue weighted by Crippen LogP contribution is -2.12. The molecule has 0 amide bonds. The Morgan fingerprint density at radius 1 is 1.11 bits per heavy atom. The van der Waals surface area contributed by atoms with Gasteiger partial charge in [0.1, 0.15) is 11.6 Å². The third-order valence-electron chi connectivity index (χ3n) is 2.64. The molecule has 0 aliphatic heterocycles. The summed E-state index contributed by atoms with van der Waals surface area (Å²) < 4.78 is 26.9. The third kappa shape index (κ3) is 2.55. The lowest BCUT2D eigenvalue weighted by molar-refractivity contribution is 0.620. The van der Waals surface area contributed by atoms with Gasteiger partial charge in [-0.05, 0) is 52.9 Å². The van der Waals surface area contributed by atoms with Gasteiger partial charge in [-0.1, -0.05) is 0 Å². The second kappa shape index (κ2) is 5.09. The lowest BCUT2D eigenvalue weighted by atomic mass is 10.2. The van der Waals surface area contributed by atoms with E-state index in [1.807, 2.05) is 22.6 Å². The maximum Gasteiger partial charge on any atom is 0.138 e. The molecule has 2 aromatic rings. The summed E-state index contributed by atoms with van der Waals surface area (Å²) in [6, 6.07) is 8.89. The summed E-state index contributed by atoms with van der Waals surface area (Å²) in [6.07, 6.45) is 0. The fourth-order valence-corrected chi connectivity index (χ4v) is 2.14. The quantitative estimate of drug-likeness (QED) is 0.650. The molecule has 0 aliphatic carbocycles. The first kappa shape index (κ1) is 13.1. The van der Waals surface area contributed by atoms with Crippen LogP contribution in [0.2, 0.25) is 0 Å². The monoisotopic (exact) mass is 360 g/mol. The normalized spacial score (nSPS) is 10.4. The van der Waals surface area contributed by atoms with Crippen LogP contribution in [0, 0.1) is 15.2 Å². The average molecular weight is 360 g/mol. The van der Waals surface area contributed by atoms with E-state index < -0.39 is 0 Å². The first-order valence-electron chi connectivity index (χ1n) is 5.23. The van der Waals surface area contributed by atoms with Crippen molar-refractivity contribution < 1.29 is 8.78 Å². The van der Waals surface area contributed by atoms with E-state index in [9.17, 15) is 8.78 Å². The molecule has 0 atom stereocenters. The first-order valence-corrected chi connectivity index (χ1v) is 6.30. The van der Waals surface area contributed by atoms with Crippen LogP contribution in [0.25, 0.3) is 0 Å². The second-order valence-corrected chi connectivity index (χ2v) is 5.02.